The molecule has 0 fully saturated rings. The van der Waals surface area contributed by atoms with Crippen LogP contribution in [0, 0.1) is 0 Å². The highest BCUT2D eigenvalue weighted by Gasteiger charge is 1.87. The molecule has 0 unspecified atom stereocenters. The molecular formula is C4H9FN2O. The monoisotopic (exact) mass is 120 g/mol. The van der Waals surface area contributed by atoms with Crippen LogP contribution in [-0.2, 0) is 0 Å². The summed E-state index contributed by atoms with van der Waals surface area (Å²) in [5.74, 6) is 0. The summed E-state index contributed by atoms with van der Waals surface area (Å²) in [6.45, 7) is -0.0912. The molecule has 3 N–H and O–H groups in total. The Morgan fingerprint density at radius 2 is 2.38 bits per heavy atom. The molecule has 8 heavy (non-hydrogen) atoms. The number of hydrogen-bond donors (Lipinski definition) is 2. The second kappa shape index (κ2) is 4.36. The van der Waals surface area contributed by atoms with Crippen molar-refractivity contribution in [3.05, 3.63) is 0 Å². The molecule has 0 aliphatic heterocycles. The van der Waals surface area contributed by atoms with E-state index in [1.165, 1.54) is 0 Å². The number of nitrogens with one attached hydrogen (secondary N) is 1. The molecule has 0 bridgehead atoms. The van der Waals surface area contributed by atoms with Crippen molar-refractivity contribution in [1.29, 1.82) is 0 Å². The summed E-state index contributed by atoms with van der Waals surface area (Å²) in [7, 11) is 0. The highest BCUT2D eigenvalue weighted by molar-refractivity contribution is 5.71. The number of primary amides is 1. The van der Waals surface area contributed by atoms with Gasteiger partial charge in [0.25, 0.3) is 0 Å². The summed E-state index contributed by atoms with van der Waals surface area (Å²) in [6, 6.07) is -0.599. The highest BCUT2D eigenvalue weighted by atomic mass is 19.1. The van der Waals surface area contributed by atoms with Crippen LogP contribution in [0.25, 0.3) is 0 Å². The lowest BCUT2D eigenvalue weighted by Gasteiger charge is -1.94. The van der Waals surface area contributed by atoms with E-state index in [9.17, 15) is 9.18 Å². The minimum absolute atomic E-state index is 0.325. The Bertz CT molecular complexity index is 76.4. The van der Waals surface area contributed by atoms with Crippen molar-refractivity contribution in [2.45, 2.75) is 6.42 Å². The molecule has 0 spiro atoms. The molecule has 4 heteroatoms. The van der Waals surface area contributed by atoms with Crippen molar-refractivity contribution in [3.8, 4) is 0 Å². The number of rotatable bonds is 3. The number of amides is 2. The maximum Gasteiger partial charge on any atom is 0.312 e. The predicted molar refractivity (Wildman–Crippen MR) is 28.2 cm³/mol. The zero-order valence-electron chi connectivity index (χ0n) is 4.48. The molecule has 48 valence electrons. The molecule has 0 aromatic carbocycles. The first kappa shape index (κ1) is 7.20. The van der Waals surface area contributed by atoms with Crippen molar-refractivity contribution < 1.29 is 9.18 Å². The third kappa shape index (κ3) is 5.20. The molecule has 0 heterocycles. The normalized spacial score (nSPS) is 8.62. The van der Waals surface area contributed by atoms with Gasteiger partial charge in [0.2, 0.25) is 0 Å². The summed E-state index contributed by atoms with van der Waals surface area (Å²) in [6.07, 6.45) is 0.336. The van der Waals surface area contributed by atoms with Crippen molar-refractivity contribution in [2.75, 3.05) is 13.2 Å². The van der Waals surface area contributed by atoms with E-state index in [0.717, 1.165) is 0 Å². The maximum atomic E-state index is 11.3. The van der Waals surface area contributed by atoms with Gasteiger partial charge in [0, 0.05) is 6.54 Å². The van der Waals surface area contributed by atoms with Crippen molar-refractivity contribution in [3.63, 3.8) is 0 Å². The van der Waals surface area contributed by atoms with Gasteiger partial charge >= 0.3 is 6.03 Å². The van der Waals surface area contributed by atoms with Gasteiger partial charge < -0.3 is 11.1 Å². The van der Waals surface area contributed by atoms with E-state index in [1.54, 1.807) is 0 Å². The van der Waals surface area contributed by atoms with Gasteiger partial charge in [-0.15, -0.1) is 0 Å². The Balaban J connectivity index is 2.82. The van der Waals surface area contributed by atoms with Crippen LogP contribution in [0.4, 0.5) is 9.18 Å². The van der Waals surface area contributed by atoms with Gasteiger partial charge in [0.1, 0.15) is 0 Å². The molecule has 0 atom stereocenters. The Kier molecular flexibility index (Phi) is 3.93. The summed E-state index contributed by atoms with van der Waals surface area (Å²) >= 11 is 0. The number of carbonyl (C=O) groups is 1. The SMILES string of the molecule is NC(=O)NCCCF. The van der Waals surface area contributed by atoms with Gasteiger partial charge in [-0.05, 0) is 6.42 Å². The fraction of sp³-hybridized carbons (Fsp3) is 0.750. The highest BCUT2D eigenvalue weighted by Crippen LogP contribution is 1.74. The van der Waals surface area contributed by atoms with Crippen molar-refractivity contribution >= 4 is 6.03 Å². The fourth-order valence-electron chi connectivity index (χ4n) is 0.278. The summed E-state index contributed by atoms with van der Waals surface area (Å²) in [5.41, 5.74) is 4.66. The number of nitrogens with two attached hydrogens (primary N) is 1. The molecule has 0 aromatic heterocycles. The first-order valence-electron chi connectivity index (χ1n) is 2.36. The van der Waals surface area contributed by atoms with Crippen molar-refractivity contribution in [2.24, 2.45) is 5.73 Å². The van der Waals surface area contributed by atoms with Crippen LogP contribution in [0.2, 0.25) is 0 Å². The van der Waals surface area contributed by atoms with Crippen LogP contribution in [0.1, 0.15) is 6.42 Å². The molecule has 2 amide bonds. The van der Waals surface area contributed by atoms with E-state index in [0.29, 0.717) is 13.0 Å². The second-order valence-electron chi connectivity index (χ2n) is 1.33. The molecular weight excluding hydrogens is 111 g/mol. The van der Waals surface area contributed by atoms with Gasteiger partial charge in [0.15, 0.2) is 0 Å². The van der Waals surface area contributed by atoms with Crippen LogP contribution in [-0.4, -0.2) is 19.3 Å². The lowest BCUT2D eigenvalue weighted by molar-refractivity contribution is 0.248. The van der Waals surface area contributed by atoms with Gasteiger partial charge in [-0.3, -0.25) is 4.39 Å². The van der Waals surface area contributed by atoms with Crippen LogP contribution >= 0.6 is 0 Å². The lowest BCUT2D eigenvalue weighted by atomic mass is 10.5. The van der Waals surface area contributed by atoms with E-state index in [2.05, 4.69) is 11.1 Å². The number of alkyl halides is 1. The van der Waals surface area contributed by atoms with E-state index < -0.39 is 12.7 Å². The number of urea groups is 1. The lowest BCUT2D eigenvalue weighted by Crippen LogP contribution is -2.30. The van der Waals surface area contributed by atoms with E-state index in [1.807, 2.05) is 0 Å². The number of carbonyl (C=O) groups excluding carboxylic acids is 1. The third-order valence-electron chi connectivity index (χ3n) is 0.610. The van der Waals surface area contributed by atoms with Gasteiger partial charge in [-0.1, -0.05) is 0 Å². The van der Waals surface area contributed by atoms with Crippen molar-refractivity contribution in [1.82, 2.24) is 5.32 Å². The van der Waals surface area contributed by atoms with E-state index in [4.69, 9.17) is 0 Å². The van der Waals surface area contributed by atoms with Gasteiger partial charge in [0.05, 0.1) is 6.67 Å². The Hall–Kier alpha value is -0.800. The van der Waals surface area contributed by atoms with Crippen LogP contribution in [0.15, 0.2) is 0 Å². The molecule has 0 aliphatic rings. The van der Waals surface area contributed by atoms with E-state index in [-0.39, 0.29) is 0 Å². The number of halogens is 1. The van der Waals surface area contributed by atoms with Gasteiger partial charge in [-0.25, -0.2) is 4.79 Å². The summed E-state index contributed by atoms with van der Waals surface area (Å²) in [5, 5.41) is 2.25. The molecule has 0 radical (unpaired) electrons. The number of hydrogen-bond acceptors (Lipinski definition) is 1. The van der Waals surface area contributed by atoms with Crippen LogP contribution in [0.5, 0.6) is 0 Å². The molecule has 0 rings (SSSR count). The molecule has 0 saturated heterocycles. The van der Waals surface area contributed by atoms with Crippen LogP contribution in [0.3, 0.4) is 0 Å². The zero-order valence-corrected chi connectivity index (χ0v) is 4.48. The molecule has 0 aromatic rings. The minimum Gasteiger partial charge on any atom is -0.352 e. The predicted octanol–water partition coefficient (Wildman–Crippen LogP) is 0.0143. The quantitative estimate of drug-likeness (QED) is 0.506. The Morgan fingerprint density at radius 3 is 2.75 bits per heavy atom. The third-order valence-corrected chi connectivity index (χ3v) is 0.610. The molecule has 3 nitrogen and oxygen atoms in total. The molecule has 0 saturated carbocycles. The Labute approximate surface area is 47.1 Å². The zero-order chi connectivity index (χ0) is 6.41. The summed E-state index contributed by atoms with van der Waals surface area (Å²) < 4.78 is 11.3. The Morgan fingerprint density at radius 1 is 1.75 bits per heavy atom. The molecule has 0 aliphatic carbocycles. The topological polar surface area (TPSA) is 55.1 Å². The van der Waals surface area contributed by atoms with E-state index >= 15 is 0 Å². The largest absolute Gasteiger partial charge is 0.352 e. The van der Waals surface area contributed by atoms with Crippen LogP contribution < -0.4 is 11.1 Å². The minimum atomic E-state index is -0.599. The average molecular weight is 120 g/mol. The second-order valence-corrected chi connectivity index (χ2v) is 1.33. The standard InChI is InChI=1S/C4H9FN2O/c5-2-1-3-7-4(6)8/h1-3H2,(H3,6,7,8). The first-order chi connectivity index (χ1) is 3.77. The first-order valence-corrected chi connectivity index (χ1v) is 2.36. The maximum absolute atomic E-state index is 11.3. The van der Waals surface area contributed by atoms with Gasteiger partial charge in [-0.2, -0.15) is 0 Å². The average Bonchev–Trinajstić information content (AvgIpc) is 1.66. The smallest absolute Gasteiger partial charge is 0.312 e. The fourth-order valence-corrected chi connectivity index (χ4v) is 0.278. The summed E-state index contributed by atoms with van der Waals surface area (Å²) in [4.78, 5) is 9.86.